The highest BCUT2D eigenvalue weighted by Crippen LogP contribution is 2.17. The molecule has 1 unspecified atom stereocenters. The third kappa shape index (κ3) is 2.65. The fourth-order valence-electron chi connectivity index (χ4n) is 1.48. The normalized spacial score (nSPS) is 12.6. The molecule has 3 nitrogen and oxygen atoms in total. The maximum absolute atomic E-state index is 4.14. The minimum Gasteiger partial charge on any atom is -0.305 e. The van der Waals surface area contributed by atoms with Crippen LogP contribution in [0.25, 0.3) is 0 Å². The molecule has 0 saturated heterocycles. The van der Waals surface area contributed by atoms with Gasteiger partial charge in [-0.15, -0.1) is 11.3 Å². The van der Waals surface area contributed by atoms with Crippen LogP contribution in [0.1, 0.15) is 29.0 Å². The fraction of sp³-hybridized carbons (Fsp3) is 0.333. The summed E-state index contributed by atoms with van der Waals surface area (Å²) in [5.74, 6) is 0. The first-order chi connectivity index (χ1) is 7.77. The topological polar surface area (TPSA) is 37.8 Å². The van der Waals surface area contributed by atoms with Crippen molar-refractivity contribution in [2.24, 2.45) is 0 Å². The van der Waals surface area contributed by atoms with Crippen LogP contribution in [-0.4, -0.2) is 9.97 Å². The summed E-state index contributed by atoms with van der Waals surface area (Å²) in [6.07, 6.45) is 5.66. The molecule has 0 aliphatic heterocycles. The van der Waals surface area contributed by atoms with Gasteiger partial charge in [0.1, 0.15) is 0 Å². The molecule has 0 aromatic carbocycles. The highest BCUT2D eigenvalue weighted by Gasteiger charge is 2.06. The van der Waals surface area contributed by atoms with E-state index in [2.05, 4.69) is 29.1 Å². The summed E-state index contributed by atoms with van der Waals surface area (Å²) in [5.41, 5.74) is 4.39. The van der Waals surface area contributed by atoms with Gasteiger partial charge in [-0.25, -0.2) is 0 Å². The molecule has 0 bridgehead atoms. The molecule has 0 spiro atoms. The van der Waals surface area contributed by atoms with E-state index in [1.807, 2.05) is 30.2 Å². The van der Waals surface area contributed by atoms with Crippen LogP contribution in [0.4, 0.5) is 0 Å². The second kappa shape index (κ2) is 5.18. The number of hydrogen-bond acceptors (Lipinski definition) is 4. The fourth-order valence-corrected chi connectivity index (χ4v) is 2.14. The highest BCUT2D eigenvalue weighted by atomic mass is 32.1. The molecular weight excluding hydrogens is 218 g/mol. The molecule has 4 heteroatoms. The number of thiazole rings is 1. The molecule has 0 fully saturated rings. The van der Waals surface area contributed by atoms with Crippen LogP contribution < -0.4 is 5.32 Å². The molecule has 1 atom stereocenters. The van der Waals surface area contributed by atoms with Crippen LogP contribution in [0.2, 0.25) is 0 Å². The Bertz CT molecular complexity index is 439. The molecule has 2 aromatic heterocycles. The Hall–Kier alpha value is -1.26. The van der Waals surface area contributed by atoms with Gasteiger partial charge in [0, 0.05) is 36.1 Å². The molecule has 84 valence electrons. The van der Waals surface area contributed by atoms with E-state index in [-0.39, 0.29) is 0 Å². The van der Waals surface area contributed by atoms with Gasteiger partial charge < -0.3 is 5.32 Å². The number of nitrogens with one attached hydrogen (secondary N) is 1. The van der Waals surface area contributed by atoms with Gasteiger partial charge in [0.25, 0.3) is 0 Å². The van der Waals surface area contributed by atoms with Crippen molar-refractivity contribution in [3.63, 3.8) is 0 Å². The average molecular weight is 233 g/mol. The molecular formula is C12H15N3S. The van der Waals surface area contributed by atoms with Crippen LogP contribution in [0.15, 0.2) is 30.2 Å². The summed E-state index contributed by atoms with van der Waals surface area (Å²) in [5, 5.41) is 3.47. The molecule has 1 N–H and O–H groups in total. The summed E-state index contributed by atoms with van der Waals surface area (Å²) in [4.78, 5) is 9.48. The van der Waals surface area contributed by atoms with Crippen molar-refractivity contribution in [3.05, 3.63) is 46.2 Å². The third-order valence-electron chi connectivity index (χ3n) is 2.62. The standard InChI is InChI=1S/C12H15N3S/c1-9-3-4-13-5-11(9)6-15-10(2)12-7-14-8-16-12/h3-5,7-8,10,15H,6H2,1-2H3. The van der Waals surface area contributed by atoms with E-state index in [1.165, 1.54) is 16.0 Å². The van der Waals surface area contributed by atoms with Crippen molar-refractivity contribution in [2.45, 2.75) is 26.4 Å². The average Bonchev–Trinajstić information content (AvgIpc) is 2.81. The summed E-state index contributed by atoms with van der Waals surface area (Å²) in [6, 6.07) is 2.38. The molecule has 0 radical (unpaired) electrons. The highest BCUT2D eigenvalue weighted by molar-refractivity contribution is 7.09. The molecule has 0 aliphatic carbocycles. The predicted octanol–water partition coefficient (Wildman–Crippen LogP) is 2.70. The smallest absolute Gasteiger partial charge is 0.0794 e. The predicted molar refractivity (Wildman–Crippen MR) is 66.3 cm³/mol. The zero-order valence-corrected chi connectivity index (χ0v) is 10.3. The first-order valence-electron chi connectivity index (χ1n) is 5.28. The first-order valence-corrected chi connectivity index (χ1v) is 6.16. The Balaban J connectivity index is 1.95. The number of nitrogens with zero attached hydrogens (tertiary/aromatic N) is 2. The Labute approximate surface area is 99.6 Å². The molecule has 2 rings (SSSR count). The zero-order chi connectivity index (χ0) is 11.4. The van der Waals surface area contributed by atoms with Crippen molar-refractivity contribution in [1.29, 1.82) is 0 Å². The summed E-state index contributed by atoms with van der Waals surface area (Å²) in [6.45, 7) is 5.11. The molecule has 2 aromatic rings. The van der Waals surface area contributed by atoms with Gasteiger partial charge >= 0.3 is 0 Å². The Kier molecular flexibility index (Phi) is 3.64. The Morgan fingerprint density at radius 2 is 2.25 bits per heavy atom. The number of pyridine rings is 1. The molecule has 16 heavy (non-hydrogen) atoms. The van der Waals surface area contributed by atoms with Crippen molar-refractivity contribution < 1.29 is 0 Å². The van der Waals surface area contributed by atoms with Crippen molar-refractivity contribution in [2.75, 3.05) is 0 Å². The quantitative estimate of drug-likeness (QED) is 0.882. The monoisotopic (exact) mass is 233 g/mol. The Morgan fingerprint density at radius 3 is 2.94 bits per heavy atom. The van der Waals surface area contributed by atoms with Crippen molar-refractivity contribution in [3.8, 4) is 0 Å². The molecule has 2 heterocycles. The lowest BCUT2D eigenvalue weighted by atomic mass is 10.1. The SMILES string of the molecule is Cc1ccncc1CNC(C)c1cncs1. The third-order valence-corrected chi connectivity index (χ3v) is 3.58. The van der Waals surface area contributed by atoms with Crippen LogP contribution >= 0.6 is 11.3 Å². The van der Waals surface area contributed by atoms with E-state index < -0.39 is 0 Å². The second-order valence-corrected chi connectivity index (χ2v) is 4.73. The maximum Gasteiger partial charge on any atom is 0.0794 e. The first kappa shape index (κ1) is 11.2. The minimum atomic E-state index is 0.340. The van der Waals surface area contributed by atoms with Crippen molar-refractivity contribution in [1.82, 2.24) is 15.3 Å². The lowest BCUT2D eigenvalue weighted by Gasteiger charge is -2.12. The minimum absolute atomic E-state index is 0.340. The largest absolute Gasteiger partial charge is 0.305 e. The van der Waals surface area contributed by atoms with Gasteiger partial charge in [0.05, 0.1) is 5.51 Å². The molecule has 0 saturated carbocycles. The van der Waals surface area contributed by atoms with Gasteiger partial charge in [-0.3, -0.25) is 9.97 Å². The summed E-state index contributed by atoms with van der Waals surface area (Å²) >= 11 is 1.68. The number of aromatic nitrogens is 2. The second-order valence-electron chi connectivity index (χ2n) is 3.81. The van der Waals surface area contributed by atoms with Gasteiger partial charge in [-0.05, 0) is 31.0 Å². The molecule has 0 amide bonds. The van der Waals surface area contributed by atoms with Gasteiger partial charge in [-0.2, -0.15) is 0 Å². The van der Waals surface area contributed by atoms with E-state index >= 15 is 0 Å². The van der Waals surface area contributed by atoms with E-state index in [1.54, 1.807) is 11.3 Å². The van der Waals surface area contributed by atoms with E-state index in [0.717, 1.165) is 6.54 Å². The number of hydrogen-bond donors (Lipinski definition) is 1. The number of aryl methyl sites for hydroxylation is 1. The van der Waals surface area contributed by atoms with E-state index in [9.17, 15) is 0 Å². The van der Waals surface area contributed by atoms with E-state index in [4.69, 9.17) is 0 Å². The van der Waals surface area contributed by atoms with Crippen molar-refractivity contribution >= 4 is 11.3 Å². The van der Waals surface area contributed by atoms with Crippen LogP contribution in [0, 0.1) is 6.92 Å². The van der Waals surface area contributed by atoms with Gasteiger partial charge in [0.15, 0.2) is 0 Å². The lowest BCUT2D eigenvalue weighted by Crippen LogP contribution is -2.17. The zero-order valence-electron chi connectivity index (χ0n) is 9.47. The van der Waals surface area contributed by atoms with Crippen LogP contribution in [0.5, 0.6) is 0 Å². The van der Waals surface area contributed by atoms with Gasteiger partial charge in [0.2, 0.25) is 0 Å². The number of rotatable bonds is 4. The lowest BCUT2D eigenvalue weighted by molar-refractivity contribution is 0.579. The van der Waals surface area contributed by atoms with Crippen LogP contribution in [0.3, 0.4) is 0 Å². The van der Waals surface area contributed by atoms with Crippen LogP contribution in [-0.2, 0) is 6.54 Å². The van der Waals surface area contributed by atoms with Gasteiger partial charge in [-0.1, -0.05) is 0 Å². The molecule has 0 aliphatic rings. The maximum atomic E-state index is 4.14. The van der Waals surface area contributed by atoms with E-state index in [0.29, 0.717) is 6.04 Å². The summed E-state index contributed by atoms with van der Waals surface area (Å²) < 4.78 is 0. The Morgan fingerprint density at radius 1 is 1.38 bits per heavy atom. The summed E-state index contributed by atoms with van der Waals surface area (Å²) in [7, 11) is 0.